The van der Waals surface area contributed by atoms with Crippen molar-refractivity contribution in [3.05, 3.63) is 30.6 Å². The SMILES string of the molecule is CC(=O)OC[n+]1ccccc1.[Cl-]. The van der Waals surface area contributed by atoms with Crippen LogP contribution in [0.3, 0.4) is 0 Å². The minimum absolute atomic E-state index is 0. The van der Waals surface area contributed by atoms with E-state index in [4.69, 9.17) is 4.74 Å². The zero-order valence-electron chi connectivity index (χ0n) is 6.74. The van der Waals surface area contributed by atoms with Crippen molar-refractivity contribution < 1.29 is 26.5 Å². The van der Waals surface area contributed by atoms with Gasteiger partial charge < -0.3 is 17.1 Å². The van der Waals surface area contributed by atoms with Crippen molar-refractivity contribution in [2.24, 2.45) is 0 Å². The summed E-state index contributed by atoms with van der Waals surface area (Å²) in [5.74, 6) is -0.263. The van der Waals surface area contributed by atoms with Gasteiger partial charge >= 0.3 is 5.97 Å². The number of pyridine rings is 1. The molecule has 1 rings (SSSR count). The summed E-state index contributed by atoms with van der Waals surface area (Å²) in [6.07, 6.45) is 3.67. The Morgan fingerprint density at radius 2 is 1.92 bits per heavy atom. The van der Waals surface area contributed by atoms with E-state index in [1.807, 2.05) is 30.6 Å². The van der Waals surface area contributed by atoms with Crippen molar-refractivity contribution in [2.75, 3.05) is 0 Å². The first-order chi connectivity index (χ1) is 5.29. The number of halogens is 1. The lowest BCUT2D eigenvalue weighted by atomic mass is 10.5. The molecular weight excluding hydrogens is 178 g/mol. The second-order valence-corrected chi connectivity index (χ2v) is 2.15. The molecule has 0 aliphatic carbocycles. The van der Waals surface area contributed by atoms with Gasteiger partial charge in [0.2, 0.25) is 0 Å². The maximum atomic E-state index is 10.4. The average molecular weight is 188 g/mol. The Kier molecular flexibility index (Phi) is 5.04. The number of hydrogen-bond acceptors (Lipinski definition) is 2. The second-order valence-electron chi connectivity index (χ2n) is 2.15. The van der Waals surface area contributed by atoms with Crippen LogP contribution < -0.4 is 17.0 Å². The van der Waals surface area contributed by atoms with Gasteiger partial charge in [-0.25, -0.2) is 0 Å². The molecule has 0 fully saturated rings. The molecule has 0 radical (unpaired) electrons. The fourth-order valence-electron chi connectivity index (χ4n) is 0.686. The van der Waals surface area contributed by atoms with E-state index in [9.17, 15) is 4.79 Å². The Bertz CT molecular complexity index is 238. The monoisotopic (exact) mass is 187 g/mol. The van der Waals surface area contributed by atoms with Gasteiger partial charge in [0.25, 0.3) is 6.73 Å². The predicted octanol–water partition coefficient (Wildman–Crippen LogP) is -2.50. The molecule has 1 aromatic heterocycles. The molecule has 0 N–H and O–H groups in total. The van der Waals surface area contributed by atoms with Gasteiger partial charge in [-0.05, 0) is 0 Å². The van der Waals surface area contributed by atoms with Crippen LogP contribution in [0.5, 0.6) is 0 Å². The molecule has 1 aromatic rings. The van der Waals surface area contributed by atoms with Gasteiger partial charge in [0.15, 0.2) is 12.4 Å². The van der Waals surface area contributed by atoms with Crippen LogP contribution >= 0.6 is 0 Å². The third-order valence-electron chi connectivity index (χ3n) is 1.19. The zero-order chi connectivity index (χ0) is 8.10. The number of hydrogen-bond donors (Lipinski definition) is 0. The van der Waals surface area contributed by atoms with E-state index in [1.54, 1.807) is 4.57 Å². The van der Waals surface area contributed by atoms with Crippen LogP contribution in [0.25, 0.3) is 0 Å². The summed E-state index contributed by atoms with van der Waals surface area (Å²) >= 11 is 0. The maximum Gasteiger partial charge on any atom is 0.307 e. The topological polar surface area (TPSA) is 30.2 Å². The Labute approximate surface area is 77.4 Å². The lowest BCUT2D eigenvalue weighted by Gasteiger charge is -1.95. The molecule has 0 aromatic carbocycles. The zero-order valence-corrected chi connectivity index (χ0v) is 7.49. The summed E-state index contributed by atoms with van der Waals surface area (Å²) < 4.78 is 6.53. The highest BCUT2D eigenvalue weighted by Crippen LogP contribution is 1.79. The predicted molar refractivity (Wildman–Crippen MR) is 38.4 cm³/mol. The Balaban J connectivity index is 0.00000121. The van der Waals surface area contributed by atoms with Crippen LogP contribution in [0.1, 0.15) is 6.92 Å². The van der Waals surface area contributed by atoms with E-state index >= 15 is 0 Å². The fraction of sp³-hybridized carbons (Fsp3) is 0.250. The van der Waals surface area contributed by atoms with Gasteiger partial charge in [0.05, 0.1) is 0 Å². The van der Waals surface area contributed by atoms with Gasteiger partial charge in [-0.3, -0.25) is 4.79 Å². The van der Waals surface area contributed by atoms with Crippen molar-refractivity contribution in [3.8, 4) is 0 Å². The molecule has 4 heteroatoms. The number of rotatable bonds is 2. The van der Waals surface area contributed by atoms with Crippen LogP contribution in [0.4, 0.5) is 0 Å². The smallest absolute Gasteiger partial charge is 0.307 e. The highest BCUT2D eigenvalue weighted by atomic mass is 35.5. The molecule has 0 saturated carbocycles. The fourth-order valence-corrected chi connectivity index (χ4v) is 0.686. The number of ether oxygens (including phenoxy) is 1. The van der Waals surface area contributed by atoms with Gasteiger partial charge in [-0.2, -0.15) is 4.57 Å². The molecule has 0 bridgehead atoms. The minimum Gasteiger partial charge on any atom is -1.00 e. The molecule has 12 heavy (non-hydrogen) atoms. The first-order valence-electron chi connectivity index (χ1n) is 3.36. The van der Waals surface area contributed by atoms with Crippen molar-refractivity contribution in [1.29, 1.82) is 0 Å². The third-order valence-corrected chi connectivity index (χ3v) is 1.19. The van der Waals surface area contributed by atoms with E-state index in [1.165, 1.54) is 6.92 Å². The van der Waals surface area contributed by atoms with E-state index in [0.29, 0.717) is 0 Å². The normalized spacial score (nSPS) is 8.42. The lowest BCUT2D eigenvalue weighted by molar-refractivity contribution is -0.727. The summed E-state index contributed by atoms with van der Waals surface area (Å²) in [5.41, 5.74) is 0. The molecule has 0 amide bonds. The van der Waals surface area contributed by atoms with Gasteiger partial charge in [0, 0.05) is 19.1 Å². The maximum absolute atomic E-state index is 10.4. The van der Waals surface area contributed by atoms with Gasteiger partial charge in [-0.15, -0.1) is 0 Å². The Morgan fingerprint density at radius 1 is 1.33 bits per heavy atom. The van der Waals surface area contributed by atoms with Crippen LogP contribution in [0, 0.1) is 0 Å². The van der Waals surface area contributed by atoms with Crippen molar-refractivity contribution in [2.45, 2.75) is 13.7 Å². The molecule has 66 valence electrons. The molecule has 0 saturated heterocycles. The Morgan fingerprint density at radius 3 is 2.42 bits per heavy atom. The summed E-state index contributed by atoms with van der Waals surface area (Å²) in [7, 11) is 0. The quantitative estimate of drug-likeness (QED) is 0.379. The second kappa shape index (κ2) is 5.55. The molecule has 0 aliphatic rings. The molecule has 0 atom stereocenters. The van der Waals surface area contributed by atoms with Crippen LogP contribution in [0.2, 0.25) is 0 Å². The molecular formula is C8H10ClNO2. The first-order valence-corrected chi connectivity index (χ1v) is 3.36. The van der Waals surface area contributed by atoms with Gasteiger partial charge in [-0.1, -0.05) is 6.07 Å². The lowest BCUT2D eigenvalue weighted by Crippen LogP contribution is -3.00. The van der Waals surface area contributed by atoms with Crippen molar-refractivity contribution in [3.63, 3.8) is 0 Å². The molecule has 0 aliphatic heterocycles. The largest absolute Gasteiger partial charge is 1.00 e. The summed E-state index contributed by atoms with van der Waals surface area (Å²) in [6, 6.07) is 5.66. The number of aromatic nitrogens is 1. The molecule has 0 spiro atoms. The molecule has 3 nitrogen and oxygen atoms in total. The number of carbonyl (C=O) groups excluding carboxylic acids is 1. The standard InChI is InChI=1S/C8H10NO2.ClH/c1-8(10)11-7-9-5-3-2-4-6-9;/h2-6H,7H2,1H3;1H/q+1;/p-1. The first kappa shape index (κ1) is 10.9. The van der Waals surface area contributed by atoms with Crippen molar-refractivity contribution >= 4 is 5.97 Å². The summed E-state index contributed by atoms with van der Waals surface area (Å²) in [5, 5.41) is 0. The average Bonchev–Trinajstić information content (AvgIpc) is 2.03. The van der Waals surface area contributed by atoms with Crippen LogP contribution in [-0.4, -0.2) is 5.97 Å². The molecule has 0 unspecified atom stereocenters. The summed E-state index contributed by atoms with van der Waals surface area (Å²) in [6.45, 7) is 1.68. The van der Waals surface area contributed by atoms with Gasteiger partial charge in [0.1, 0.15) is 0 Å². The van der Waals surface area contributed by atoms with E-state index in [2.05, 4.69) is 0 Å². The highest BCUT2D eigenvalue weighted by Gasteiger charge is 1.98. The Hall–Kier alpha value is -1.09. The van der Waals surface area contributed by atoms with Crippen molar-refractivity contribution in [1.82, 2.24) is 0 Å². The number of nitrogens with zero attached hydrogens (tertiary/aromatic N) is 1. The van der Waals surface area contributed by atoms with E-state index in [-0.39, 0.29) is 25.1 Å². The third kappa shape index (κ3) is 3.93. The number of carbonyl (C=O) groups is 1. The number of esters is 1. The van der Waals surface area contributed by atoms with Crippen LogP contribution in [0.15, 0.2) is 30.6 Å². The minimum atomic E-state index is -0.263. The summed E-state index contributed by atoms with van der Waals surface area (Å²) in [4.78, 5) is 10.4. The van der Waals surface area contributed by atoms with Crippen LogP contribution in [-0.2, 0) is 16.3 Å². The molecule has 1 heterocycles. The highest BCUT2D eigenvalue weighted by molar-refractivity contribution is 5.65. The van der Waals surface area contributed by atoms with E-state index < -0.39 is 0 Å². The van der Waals surface area contributed by atoms with E-state index in [0.717, 1.165) is 0 Å².